The van der Waals surface area contributed by atoms with Gasteiger partial charge in [-0.05, 0) is 6.54 Å². The van der Waals surface area contributed by atoms with E-state index in [0.29, 0.717) is 0 Å². The van der Waals surface area contributed by atoms with Crippen molar-refractivity contribution in [2.75, 3.05) is 32.7 Å². The summed E-state index contributed by atoms with van der Waals surface area (Å²) < 4.78 is 0. The van der Waals surface area contributed by atoms with Crippen molar-refractivity contribution >= 4 is 23.9 Å². The molecule has 0 heterocycles. The van der Waals surface area contributed by atoms with Gasteiger partial charge in [-0.3, -0.25) is 30.6 Å². The van der Waals surface area contributed by atoms with Crippen LogP contribution in [0.1, 0.15) is 6.42 Å². The van der Waals surface area contributed by atoms with E-state index in [9.17, 15) is 19.2 Å². The van der Waals surface area contributed by atoms with E-state index in [1.54, 1.807) is 0 Å². The Bertz CT molecular complexity index is 336. The molecule has 0 fully saturated rings. The van der Waals surface area contributed by atoms with Crippen LogP contribution in [0.3, 0.4) is 0 Å². The molecule has 0 aliphatic carbocycles. The third-order valence-electron chi connectivity index (χ3n) is 2.23. The summed E-state index contributed by atoms with van der Waals surface area (Å²) in [5.41, 5.74) is 0. The Kier molecular flexibility index (Phi) is 12.2. The molecular formula is C11H17FeN2O8-. The first-order chi connectivity index (χ1) is 9.70. The summed E-state index contributed by atoms with van der Waals surface area (Å²) >= 11 is 0. The van der Waals surface area contributed by atoms with Gasteiger partial charge in [0.15, 0.2) is 0 Å². The normalized spacial score (nSPS) is 10.3. The maximum Gasteiger partial charge on any atom is 0.317 e. The van der Waals surface area contributed by atoms with Crippen LogP contribution in [0.15, 0.2) is 0 Å². The minimum atomic E-state index is -1.21. The predicted octanol–water partition coefficient (Wildman–Crippen LogP) is -1.52. The molecular weight excluding hydrogens is 344 g/mol. The maximum absolute atomic E-state index is 10.6. The minimum absolute atomic E-state index is 0. The fraction of sp³-hybridized carbons (Fsp3) is 0.545. The molecule has 0 amide bonds. The van der Waals surface area contributed by atoms with Crippen molar-refractivity contribution in [1.82, 2.24) is 9.80 Å². The van der Waals surface area contributed by atoms with Crippen LogP contribution in [0.2, 0.25) is 0 Å². The van der Waals surface area contributed by atoms with Gasteiger partial charge in [0, 0.05) is 17.1 Å². The molecule has 0 aromatic rings. The van der Waals surface area contributed by atoms with Crippen LogP contribution < -0.4 is 0 Å². The number of nitrogens with zero attached hydrogens (tertiary/aromatic N) is 2. The van der Waals surface area contributed by atoms with E-state index in [1.807, 2.05) is 0 Å². The first-order valence-electron chi connectivity index (χ1n) is 5.87. The molecule has 10 nitrogen and oxygen atoms in total. The first kappa shape index (κ1) is 22.6. The molecule has 0 bridgehead atoms. The average molecular weight is 361 g/mol. The summed E-state index contributed by atoms with van der Waals surface area (Å²) in [6.07, 6.45) is 0.126. The van der Waals surface area contributed by atoms with Crippen LogP contribution >= 0.6 is 0 Å². The van der Waals surface area contributed by atoms with E-state index in [0.717, 1.165) is 9.80 Å². The van der Waals surface area contributed by atoms with Gasteiger partial charge in [0.05, 0.1) is 26.2 Å². The minimum Gasteiger partial charge on any atom is -0.480 e. The molecule has 0 saturated carbocycles. The molecule has 0 atom stereocenters. The van der Waals surface area contributed by atoms with E-state index in [1.165, 1.54) is 6.54 Å². The van der Waals surface area contributed by atoms with E-state index in [-0.39, 0.29) is 30.0 Å². The van der Waals surface area contributed by atoms with Crippen LogP contribution in [0.4, 0.5) is 0 Å². The van der Waals surface area contributed by atoms with Gasteiger partial charge in [-0.25, -0.2) is 0 Å². The second kappa shape index (κ2) is 11.9. The largest absolute Gasteiger partial charge is 0.480 e. The summed E-state index contributed by atoms with van der Waals surface area (Å²) in [6, 6.07) is 0. The number of aliphatic carboxylic acids is 4. The van der Waals surface area contributed by atoms with Crippen LogP contribution in [0, 0.1) is 6.54 Å². The van der Waals surface area contributed by atoms with Crippen molar-refractivity contribution in [3.05, 3.63) is 6.54 Å². The Hall–Kier alpha value is -1.68. The number of carboxylic acid groups (broad SMARTS) is 4. The Balaban J connectivity index is 0. The molecule has 0 aromatic carbocycles. The van der Waals surface area contributed by atoms with E-state index in [4.69, 9.17) is 20.4 Å². The van der Waals surface area contributed by atoms with Gasteiger partial charge in [0.1, 0.15) is 0 Å². The van der Waals surface area contributed by atoms with Crippen molar-refractivity contribution in [2.24, 2.45) is 0 Å². The van der Waals surface area contributed by atoms with Gasteiger partial charge in [0.2, 0.25) is 0 Å². The average Bonchev–Trinajstić information content (AvgIpc) is 2.24. The van der Waals surface area contributed by atoms with E-state index < -0.39 is 50.1 Å². The molecule has 0 aliphatic heterocycles. The summed E-state index contributed by atoms with van der Waals surface area (Å²) in [6.45, 7) is -0.613. The standard InChI is InChI=1S/C11H17N2O8.Fe/c14-8(15)4-12(5-9(16)17)2-1-3-13(6-10(18)19)7-11(20)21;/h2H,1,3-7H2,(H,14,15)(H,16,17)(H,18,19)(H,20,21);/q-1;. The zero-order valence-electron chi connectivity index (χ0n) is 11.5. The van der Waals surface area contributed by atoms with Gasteiger partial charge in [-0.1, -0.05) is 0 Å². The third kappa shape index (κ3) is 13.3. The molecule has 0 rings (SSSR count). The second-order valence-electron chi connectivity index (χ2n) is 4.16. The summed E-state index contributed by atoms with van der Waals surface area (Å²) in [4.78, 5) is 44.4. The zero-order valence-corrected chi connectivity index (χ0v) is 12.6. The third-order valence-corrected chi connectivity index (χ3v) is 2.23. The van der Waals surface area contributed by atoms with Gasteiger partial charge in [-0.15, -0.1) is 0 Å². The molecule has 11 heteroatoms. The van der Waals surface area contributed by atoms with E-state index in [2.05, 4.69) is 0 Å². The van der Waals surface area contributed by atoms with Crippen LogP contribution in [-0.4, -0.2) is 86.8 Å². The predicted molar refractivity (Wildman–Crippen MR) is 67.5 cm³/mol. The van der Waals surface area contributed by atoms with Crippen molar-refractivity contribution in [1.29, 1.82) is 0 Å². The molecule has 0 aliphatic rings. The van der Waals surface area contributed by atoms with Crippen molar-refractivity contribution in [3.63, 3.8) is 0 Å². The van der Waals surface area contributed by atoms with Gasteiger partial charge < -0.3 is 25.3 Å². The topological polar surface area (TPSA) is 156 Å². The second-order valence-corrected chi connectivity index (χ2v) is 4.16. The number of hydrogen-bond acceptors (Lipinski definition) is 6. The molecule has 22 heavy (non-hydrogen) atoms. The fourth-order valence-electron chi connectivity index (χ4n) is 1.55. The smallest absolute Gasteiger partial charge is 0.317 e. The number of carbonyl (C=O) groups is 4. The molecule has 0 saturated heterocycles. The number of hydrogen-bond donors (Lipinski definition) is 4. The fourth-order valence-corrected chi connectivity index (χ4v) is 1.55. The van der Waals surface area contributed by atoms with Crippen molar-refractivity contribution in [2.45, 2.75) is 6.42 Å². The van der Waals surface area contributed by atoms with Crippen LogP contribution in [0.25, 0.3) is 0 Å². The van der Waals surface area contributed by atoms with Gasteiger partial charge >= 0.3 is 23.9 Å². The first-order valence-corrected chi connectivity index (χ1v) is 5.87. The van der Waals surface area contributed by atoms with Crippen molar-refractivity contribution < 1.29 is 56.7 Å². The van der Waals surface area contributed by atoms with Crippen molar-refractivity contribution in [3.8, 4) is 0 Å². The van der Waals surface area contributed by atoms with Crippen LogP contribution in [0.5, 0.6) is 0 Å². The maximum atomic E-state index is 10.6. The monoisotopic (exact) mass is 361 g/mol. The Labute approximate surface area is 136 Å². The Morgan fingerprint density at radius 1 is 0.727 bits per heavy atom. The quantitative estimate of drug-likeness (QED) is 0.238. The number of rotatable bonds is 12. The number of carboxylic acids is 4. The summed E-state index contributed by atoms with van der Waals surface area (Å²) in [5, 5.41) is 34.5. The molecule has 0 spiro atoms. The molecule has 0 aromatic heterocycles. The van der Waals surface area contributed by atoms with E-state index >= 15 is 0 Å². The molecule has 0 radical (unpaired) electrons. The molecule has 0 unspecified atom stereocenters. The SMILES string of the molecule is O=C(O)CN([CH-]CCN(CC(=O)O)CC(=O)O)CC(=O)O.[Fe]. The Morgan fingerprint density at radius 2 is 1.09 bits per heavy atom. The van der Waals surface area contributed by atoms with Crippen LogP contribution in [-0.2, 0) is 36.2 Å². The Morgan fingerprint density at radius 3 is 1.41 bits per heavy atom. The molecule has 128 valence electrons. The summed E-state index contributed by atoms with van der Waals surface area (Å²) in [7, 11) is 0. The van der Waals surface area contributed by atoms with Gasteiger partial charge in [-0.2, -0.15) is 6.42 Å². The summed E-state index contributed by atoms with van der Waals surface area (Å²) in [5.74, 6) is -4.80. The molecule has 4 N–H and O–H groups in total. The zero-order chi connectivity index (χ0) is 16.4. The van der Waals surface area contributed by atoms with Gasteiger partial charge in [0.25, 0.3) is 0 Å².